The molecule has 0 saturated carbocycles. The van der Waals surface area contributed by atoms with Gasteiger partial charge in [-0.2, -0.15) is 0 Å². The van der Waals surface area contributed by atoms with E-state index in [0.29, 0.717) is 25.8 Å². The molecule has 2 amide bonds. The number of fused-ring (bicyclic) bond motifs is 1. The topological polar surface area (TPSA) is 84.5 Å². The van der Waals surface area contributed by atoms with Crippen molar-refractivity contribution in [2.45, 2.75) is 52.5 Å². The highest BCUT2D eigenvalue weighted by atomic mass is 16.5. The summed E-state index contributed by atoms with van der Waals surface area (Å²) in [5, 5.41) is 8.14. The van der Waals surface area contributed by atoms with Gasteiger partial charge in [0.05, 0.1) is 13.0 Å². The standard InChI is InChI=1S/C31H38N2O4/c1-4-37-29(34)21-27(18-22(2)3)30(35)33-28(31(36)32-17-16-23-10-6-5-7-11-23)20-24-14-15-25-12-8-9-13-26(25)19-24/h5-15,19,22,27-28H,4,16-18,20-21H2,1-3H3,(H,32,36)(H,33,35)/t27?,28-/m0/s1. The van der Waals surface area contributed by atoms with Gasteiger partial charge in [0.15, 0.2) is 0 Å². The molecule has 0 bridgehead atoms. The number of hydrogen-bond donors (Lipinski definition) is 2. The van der Waals surface area contributed by atoms with E-state index >= 15 is 0 Å². The summed E-state index contributed by atoms with van der Waals surface area (Å²) in [6.07, 6.45) is 1.57. The molecule has 0 aliphatic carbocycles. The molecule has 2 atom stereocenters. The molecule has 196 valence electrons. The number of ether oxygens (including phenoxy) is 1. The van der Waals surface area contributed by atoms with Gasteiger partial charge < -0.3 is 15.4 Å². The Morgan fingerprint density at radius 3 is 2.24 bits per heavy atom. The summed E-state index contributed by atoms with van der Waals surface area (Å²) in [5.74, 6) is -1.29. The van der Waals surface area contributed by atoms with Crippen molar-refractivity contribution in [3.05, 3.63) is 83.9 Å². The van der Waals surface area contributed by atoms with Gasteiger partial charge in [0.2, 0.25) is 11.8 Å². The third kappa shape index (κ3) is 9.05. The highest BCUT2D eigenvalue weighted by Gasteiger charge is 2.28. The second-order valence-corrected chi connectivity index (χ2v) is 9.81. The largest absolute Gasteiger partial charge is 0.466 e. The van der Waals surface area contributed by atoms with Crippen LogP contribution in [0, 0.1) is 11.8 Å². The van der Waals surface area contributed by atoms with Crippen LogP contribution in [0.5, 0.6) is 0 Å². The van der Waals surface area contributed by atoms with Gasteiger partial charge in [0, 0.05) is 18.9 Å². The predicted octanol–water partition coefficient (Wildman–Crippen LogP) is 4.84. The molecule has 3 aromatic rings. The van der Waals surface area contributed by atoms with E-state index < -0.39 is 17.9 Å². The van der Waals surface area contributed by atoms with E-state index in [2.05, 4.69) is 16.7 Å². The third-order valence-electron chi connectivity index (χ3n) is 6.29. The summed E-state index contributed by atoms with van der Waals surface area (Å²) < 4.78 is 5.09. The number of nitrogens with one attached hydrogen (secondary N) is 2. The predicted molar refractivity (Wildman–Crippen MR) is 147 cm³/mol. The molecule has 0 aliphatic rings. The Morgan fingerprint density at radius 1 is 0.838 bits per heavy atom. The van der Waals surface area contributed by atoms with Crippen LogP contribution in [-0.2, 0) is 32.0 Å². The van der Waals surface area contributed by atoms with Gasteiger partial charge >= 0.3 is 5.97 Å². The minimum atomic E-state index is -0.763. The van der Waals surface area contributed by atoms with E-state index in [1.54, 1.807) is 6.92 Å². The molecule has 0 heterocycles. The molecule has 6 nitrogen and oxygen atoms in total. The van der Waals surface area contributed by atoms with Crippen molar-refractivity contribution < 1.29 is 19.1 Å². The summed E-state index contributed by atoms with van der Waals surface area (Å²) in [6, 6.07) is 23.3. The molecule has 0 aliphatic heterocycles. The first kappa shape index (κ1) is 27.9. The van der Waals surface area contributed by atoms with Crippen LogP contribution in [0.3, 0.4) is 0 Å². The lowest BCUT2D eigenvalue weighted by Gasteiger charge is -2.23. The van der Waals surface area contributed by atoms with Crippen molar-refractivity contribution >= 4 is 28.6 Å². The van der Waals surface area contributed by atoms with Gasteiger partial charge in [-0.1, -0.05) is 86.6 Å². The zero-order chi connectivity index (χ0) is 26.6. The van der Waals surface area contributed by atoms with Crippen LogP contribution < -0.4 is 10.6 Å². The second kappa shape index (κ2) is 14.2. The lowest BCUT2D eigenvalue weighted by Crippen LogP contribution is -2.50. The molecular weight excluding hydrogens is 464 g/mol. The number of rotatable bonds is 13. The molecule has 6 heteroatoms. The van der Waals surface area contributed by atoms with Crippen LogP contribution >= 0.6 is 0 Å². The number of carbonyl (C=O) groups is 3. The van der Waals surface area contributed by atoms with Gasteiger partial charge in [0.25, 0.3) is 0 Å². The van der Waals surface area contributed by atoms with Crippen molar-refractivity contribution in [2.75, 3.05) is 13.2 Å². The SMILES string of the molecule is CCOC(=O)CC(CC(C)C)C(=O)N[C@@H](Cc1ccc2ccccc2c1)C(=O)NCCc1ccccc1. The fourth-order valence-corrected chi connectivity index (χ4v) is 4.47. The highest BCUT2D eigenvalue weighted by molar-refractivity contribution is 5.90. The Hall–Kier alpha value is -3.67. The summed E-state index contributed by atoms with van der Waals surface area (Å²) in [6.45, 7) is 6.49. The molecule has 0 radical (unpaired) electrons. The van der Waals surface area contributed by atoms with E-state index in [1.807, 2.05) is 80.6 Å². The molecule has 3 rings (SSSR count). The molecule has 0 aromatic heterocycles. The summed E-state index contributed by atoms with van der Waals surface area (Å²) in [5.41, 5.74) is 2.08. The molecule has 1 unspecified atom stereocenters. The fourth-order valence-electron chi connectivity index (χ4n) is 4.47. The summed E-state index contributed by atoms with van der Waals surface area (Å²) in [4.78, 5) is 38.8. The third-order valence-corrected chi connectivity index (χ3v) is 6.29. The van der Waals surface area contributed by atoms with Crippen molar-refractivity contribution in [1.82, 2.24) is 10.6 Å². The van der Waals surface area contributed by atoms with Crippen LogP contribution in [0.15, 0.2) is 72.8 Å². The van der Waals surface area contributed by atoms with Crippen LogP contribution in [0.4, 0.5) is 0 Å². The molecule has 0 saturated heterocycles. The maximum Gasteiger partial charge on any atom is 0.306 e. The second-order valence-electron chi connectivity index (χ2n) is 9.81. The molecule has 0 fully saturated rings. The number of hydrogen-bond acceptors (Lipinski definition) is 4. The molecular formula is C31H38N2O4. The van der Waals surface area contributed by atoms with Crippen molar-refractivity contribution in [3.8, 4) is 0 Å². The number of esters is 1. The number of carbonyl (C=O) groups excluding carboxylic acids is 3. The van der Waals surface area contributed by atoms with Crippen molar-refractivity contribution in [1.29, 1.82) is 0 Å². The maximum absolute atomic E-state index is 13.3. The highest BCUT2D eigenvalue weighted by Crippen LogP contribution is 2.19. The number of amides is 2. The molecule has 2 N–H and O–H groups in total. The monoisotopic (exact) mass is 502 g/mol. The minimum Gasteiger partial charge on any atom is -0.466 e. The van der Waals surface area contributed by atoms with Crippen LogP contribution in [0.1, 0.15) is 44.7 Å². The summed E-state index contributed by atoms with van der Waals surface area (Å²) in [7, 11) is 0. The average Bonchev–Trinajstić information content (AvgIpc) is 2.88. The maximum atomic E-state index is 13.3. The summed E-state index contributed by atoms with van der Waals surface area (Å²) >= 11 is 0. The zero-order valence-electron chi connectivity index (χ0n) is 22.0. The van der Waals surface area contributed by atoms with Crippen molar-refractivity contribution in [3.63, 3.8) is 0 Å². The lowest BCUT2D eigenvalue weighted by atomic mass is 9.92. The van der Waals surface area contributed by atoms with Crippen LogP contribution in [0.25, 0.3) is 10.8 Å². The molecule has 0 spiro atoms. The Bertz CT molecular complexity index is 1180. The van der Waals surface area contributed by atoms with Gasteiger partial charge in [-0.15, -0.1) is 0 Å². The molecule has 3 aromatic carbocycles. The van der Waals surface area contributed by atoms with Gasteiger partial charge in [-0.25, -0.2) is 0 Å². The minimum absolute atomic E-state index is 0.00380. The molecule has 37 heavy (non-hydrogen) atoms. The van der Waals surface area contributed by atoms with E-state index in [9.17, 15) is 14.4 Å². The van der Waals surface area contributed by atoms with Crippen LogP contribution in [-0.4, -0.2) is 37.0 Å². The van der Waals surface area contributed by atoms with Gasteiger partial charge in [-0.3, -0.25) is 14.4 Å². The normalized spacial score (nSPS) is 12.6. The van der Waals surface area contributed by atoms with Gasteiger partial charge in [0.1, 0.15) is 6.04 Å². The quantitative estimate of drug-likeness (QED) is 0.328. The first-order valence-electron chi connectivity index (χ1n) is 13.1. The van der Waals surface area contributed by atoms with Crippen LogP contribution in [0.2, 0.25) is 0 Å². The van der Waals surface area contributed by atoms with E-state index in [4.69, 9.17) is 4.74 Å². The fraction of sp³-hybridized carbons (Fsp3) is 0.387. The average molecular weight is 503 g/mol. The Labute approximate surface area is 219 Å². The Kier molecular flexibility index (Phi) is 10.7. The smallest absolute Gasteiger partial charge is 0.306 e. The van der Waals surface area contributed by atoms with E-state index in [-0.39, 0.29) is 30.8 Å². The Morgan fingerprint density at radius 2 is 1.54 bits per heavy atom. The number of benzene rings is 3. The lowest BCUT2D eigenvalue weighted by molar-refractivity contribution is -0.146. The van der Waals surface area contributed by atoms with E-state index in [0.717, 1.165) is 21.9 Å². The first-order valence-corrected chi connectivity index (χ1v) is 13.1. The van der Waals surface area contributed by atoms with Crippen molar-refractivity contribution in [2.24, 2.45) is 11.8 Å². The van der Waals surface area contributed by atoms with E-state index in [1.165, 1.54) is 0 Å². The first-order chi connectivity index (χ1) is 17.9. The van der Waals surface area contributed by atoms with Gasteiger partial charge in [-0.05, 0) is 47.6 Å². The Balaban J connectivity index is 1.75. The zero-order valence-corrected chi connectivity index (χ0v) is 22.0.